The predicted octanol–water partition coefficient (Wildman–Crippen LogP) is 4.06. The zero-order chi connectivity index (χ0) is 18.1. The summed E-state index contributed by atoms with van der Waals surface area (Å²) in [5.41, 5.74) is 4.79. The maximum atomic E-state index is 13.5. The number of carbonyl (C=O) groups is 1. The third-order valence-corrected chi connectivity index (χ3v) is 7.11. The number of aromatic nitrogens is 1. The maximum Gasteiger partial charge on any atom is 0.183 e. The highest BCUT2D eigenvalue weighted by Gasteiger charge is 2.47. The molecule has 0 amide bonds. The minimum atomic E-state index is -0.307. The van der Waals surface area contributed by atoms with Crippen molar-refractivity contribution in [2.75, 3.05) is 20.2 Å². The van der Waals surface area contributed by atoms with Crippen molar-refractivity contribution < 1.29 is 9.53 Å². The van der Waals surface area contributed by atoms with Crippen molar-refractivity contribution >= 4 is 17.1 Å². The number of likely N-dealkylation sites (tertiary alicyclic amines) is 1. The van der Waals surface area contributed by atoms with Crippen molar-refractivity contribution in [2.45, 2.75) is 51.0 Å². The Hall–Kier alpha value is -1.72. The van der Waals surface area contributed by atoms with Crippen molar-refractivity contribution in [1.29, 1.82) is 0 Å². The molecule has 2 aromatic rings. The first-order valence-electron chi connectivity index (χ1n) is 9.50. The molecule has 1 saturated heterocycles. The lowest BCUT2D eigenvalue weighted by Crippen LogP contribution is -2.59. The summed E-state index contributed by atoms with van der Waals surface area (Å²) in [4.78, 5) is 21.7. The van der Waals surface area contributed by atoms with Gasteiger partial charge in [-0.15, -0.1) is 11.3 Å². The number of ether oxygens (including phenoxy) is 1. The number of thiazole rings is 1. The van der Waals surface area contributed by atoms with E-state index in [1.807, 2.05) is 23.7 Å². The number of ketones is 1. The van der Waals surface area contributed by atoms with Gasteiger partial charge in [0.1, 0.15) is 5.75 Å². The smallest absolute Gasteiger partial charge is 0.183 e. The molecule has 1 aliphatic carbocycles. The topological polar surface area (TPSA) is 42.4 Å². The van der Waals surface area contributed by atoms with Gasteiger partial charge in [-0.25, -0.2) is 4.98 Å². The number of piperidine rings is 1. The zero-order valence-electron chi connectivity index (χ0n) is 15.6. The molecule has 1 aromatic carbocycles. The Balaban J connectivity index is 1.60. The first-order valence-corrected chi connectivity index (χ1v) is 10.4. The Morgan fingerprint density at radius 3 is 2.96 bits per heavy atom. The number of benzene rings is 1. The molecule has 0 saturated carbocycles. The fourth-order valence-electron chi connectivity index (χ4n) is 4.59. The average Bonchev–Trinajstić information content (AvgIpc) is 3.08. The quantitative estimate of drug-likeness (QED) is 0.814. The van der Waals surface area contributed by atoms with E-state index >= 15 is 0 Å². The van der Waals surface area contributed by atoms with Crippen molar-refractivity contribution in [2.24, 2.45) is 0 Å². The van der Waals surface area contributed by atoms with Crippen LogP contribution in [0.3, 0.4) is 0 Å². The lowest BCUT2D eigenvalue weighted by atomic mass is 9.71. The van der Waals surface area contributed by atoms with Crippen molar-refractivity contribution in [1.82, 2.24) is 9.88 Å². The third-order valence-electron chi connectivity index (χ3n) is 6.11. The van der Waals surface area contributed by atoms with Crippen LogP contribution < -0.4 is 4.74 Å². The van der Waals surface area contributed by atoms with E-state index in [1.54, 1.807) is 18.4 Å². The molecule has 4 nitrogen and oxygen atoms in total. The number of methoxy groups -OCH3 is 1. The normalized spacial score (nSPS) is 23.2. The van der Waals surface area contributed by atoms with Crippen molar-refractivity contribution in [3.63, 3.8) is 0 Å². The molecular weight excluding hydrogens is 344 g/mol. The average molecular weight is 371 g/mol. The first-order chi connectivity index (χ1) is 12.6. The van der Waals surface area contributed by atoms with Crippen molar-refractivity contribution in [3.8, 4) is 5.75 Å². The van der Waals surface area contributed by atoms with E-state index in [2.05, 4.69) is 16.8 Å². The molecule has 138 valence electrons. The molecule has 0 N–H and O–H groups in total. The summed E-state index contributed by atoms with van der Waals surface area (Å²) in [6.07, 6.45) is 6.18. The summed E-state index contributed by atoms with van der Waals surface area (Å²) >= 11 is 1.73. The summed E-state index contributed by atoms with van der Waals surface area (Å²) in [5.74, 6) is 1.16. The van der Waals surface area contributed by atoms with Gasteiger partial charge in [0, 0.05) is 17.0 Å². The fraction of sp³-hybridized carbons (Fsp3) is 0.524. The highest BCUT2D eigenvalue weighted by molar-refractivity contribution is 7.09. The van der Waals surface area contributed by atoms with Crippen molar-refractivity contribution in [3.05, 3.63) is 45.4 Å². The third kappa shape index (κ3) is 2.97. The van der Waals surface area contributed by atoms with Crippen LogP contribution in [0.5, 0.6) is 5.75 Å². The molecule has 26 heavy (non-hydrogen) atoms. The van der Waals surface area contributed by atoms with Gasteiger partial charge in [-0.1, -0.05) is 0 Å². The Bertz CT molecular complexity index is 816. The van der Waals surface area contributed by atoms with E-state index in [4.69, 9.17) is 4.74 Å². The first kappa shape index (κ1) is 17.7. The molecule has 4 rings (SSSR count). The number of fused-ring (bicyclic) bond motifs is 1. The summed E-state index contributed by atoms with van der Waals surface area (Å²) in [5, 5.41) is 0. The second-order valence-corrected chi connectivity index (χ2v) is 8.38. The van der Waals surface area contributed by atoms with E-state index in [-0.39, 0.29) is 5.54 Å². The molecule has 1 unspecified atom stereocenters. The molecule has 1 aromatic heterocycles. The molecular formula is C21H26N2O2S. The zero-order valence-corrected chi connectivity index (χ0v) is 16.4. The van der Waals surface area contributed by atoms with Gasteiger partial charge in [-0.3, -0.25) is 9.69 Å². The van der Waals surface area contributed by atoms with E-state index in [1.165, 1.54) is 11.3 Å². The SMILES string of the molecule is COc1ccc2c(c1)CCC1(CCCCN1CCc1scnc1C)C2=O. The maximum absolute atomic E-state index is 13.5. The van der Waals surface area contributed by atoms with Crippen LogP contribution in [0, 0.1) is 6.92 Å². The summed E-state index contributed by atoms with van der Waals surface area (Å²) in [6.45, 7) is 4.04. The molecule has 0 radical (unpaired) electrons. The fourth-order valence-corrected chi connectivity index (χ4v) is 5.36. The van der Waals surface area contributed by atoms with Gasteiger partial charge in [0.15, 0.2) is 5.78 Å². The number of carbonyl (C=O) groups excluding carboxylic acids is 1. The number of aryl methyl sites for hydroxylation is 2. The van der Waals surface area contributed by atoms with Crippen LogP contribution in [0.25, 0.3) is 0 Å². The van der Waals surface area contributed by atoms with E-state index < -0.39 is 0 Å². The Morgan fingerprint density at radius 1 is 1.31 bits per heavy atom. The number of hydrogen-bond acceptors (Lipinski definition) is 5. The molecule has 1 fully saturated rings. The molecule has 0 bridgehead atoms. The van der Waals surface area contributed by atoms with Crippen LogP contribution in [-0.4, -0.2) is 41.4 Å². The van der Waals surface area contributed by atoms with Crippen LogP contribution in [-0.2, 0) is 12.8 Å². The second kappa shape index (κ2) is 7.12. The standard InChI is InChI=1S/C21H26N2O2S/c1-15-19(26-14-22-15)8-12-23-11-4-3-9-21(23)10-7-16-13-17(25-2)5-6-18(16)20(21)24/h5-6,13-14H,3-4,7-12H2,1-2H3. The summed E-state index contributed by atoms with van der Waals surface area (Å²) in [6, 6.07) is 5.93. The lowest BCUT2D eigenvalue weighted by Gasteiger charge is -2.48. The van der Waals surface area contributed by atoms with Gasteiger partial charge in [-0.05, 0) is 75.8 Å². The Morgan fingerprint density at radius 2 is 2.19 bits per heavy atom. The predicted molar refractivity (Wildman–Crippen MR) is 104 cm³/mol. The van der Waals surface area contributed by atoms with Gasteiger partial charge in [-0.2, -0.15) is 0 Å². The lowest BCUT2D eigenvalue weighted by molar-refractivity contribution is 0.0299. The second-order valence-electron chi connectivity index (χ2n) is 7.44. The number of hydrogen-bond donors (Lipinski definition) is 0. The summed E-state index contributed by atoms with van der Waals surface area (Å²) < 4.78 is 5.34. The van der Waals surface area contributed by atoms with Gasteiger partial charge in [0.25, 0.3) is 0 Å². The molecule has 1 spiro atoms. The van der Waals surface area contributed by atoms with Crippen LogP contribution in [0.4, 0.5) is 0 Å². The highest BCUT2D eigenvalue weighted by Crippen LogP contribution is 2.40. The molecule has 1 aliphatic heterocycles. The van der Waals surface area contributed by atoms with Gasteiger partial charge < -0.3 is 4.74 Å². The van der Waals surface area contributed by atoms with Gasteiger partial charge >= 0.3 is 0 Å². The minimum absolute atomic E-state index is 0.307. The molecule has 5 heteroatoms. The molecule has 2 heterocycles. The highest BCUT2D eigenvalue weighted by atomic mass is 32.1. The van der Waals surface area contributed by atoms with Crippen LogP contribution >= 0.6 is 11.3 Å². The van der Waals surface area contributed by atoms with E-state index in [0.29, 0.717) is 5.78 Å². The Labute approximate surface area is 159 Å². The largest absolute Gasteiger partial charge is 0.497 e. The number of nitrogens with zero attached hydrogens (tertiary/aromatic N) is 2. The van der Waals surface area contributed by atoms with E-state index in [0.717, 1.165) is 67.8 Å². The number of rotatable bonds is 4. The number of Topliss-reactive ketones (excluding diaryl/α,β-unsaturated/α-hetero) is 1. The van der Waals surface area contributed by atoms with Gasteiger partial charge in [0.05, 0.1) is 23.9 Å². The molecule has 2 aliphatic rings. The van der Waals surface area contributed by atoms with Gasteiger partial charge in [0.2, 0.25) is 0 Å². The van der Waals surface area contributed by atoms with Crippen LogP contribution in [0.15, 0.2) is 23.7 Å². The summed E-state index contributed by atoms with van der Waals surface area (Å²) in [7, 11) is 1.68. The van der Waals surface area contributed by atoms with Crippen LogP contribution in [0.1, 0.15) is 52.2 Å². The Kier molecular flexibility index (Phi) is 4.84. The van der Waals surface area contributed by atoms with E-state index in [9.17, 15) is 4.79 Å². The molecule has 1 atom stereocenters. The van der Waals surface area contributed by atoms with Crippen LogP contribution in [0.2, 0.25) is 0 Å². The minimum Gasteiger partial charge on any atom is -0.497 e. The monoisotopic (exact) mass is 370 g/mol.